The predicted molar refractivity (Wildman–Crippen MR) is 192 cm³/mol. The van der Waals surface area contributed by atoms with E-state index in [2.05, 4.69) is 35.1 Å². The van der Waals surface area contributed by atoms with Crippen molar-refractivity contribution in [1.29, 1.82) is 0 Å². The minimum Gasteiger partial charge on any atom is -0.356 e. The Morgan fingerprint density at radius 3 is 1.05 bits per heavy atom. The van der Waals surface area contributed by atoms with E-state index in [4.69, 9.17) is 0 Å². The molecule has 0 saturated heterocycles. The van der Waals surface area contributed by atoms with Crippen LogP contribution in [0, 0.1) is 0 Å². The van der Waals surface area contributed by atoms with E-state index in [1.807, 2.05) is 0 Å². The van der Waals surface area contributed by atoms with Crippen LogP contribution in [0.15, 0.2) is 0 Å². The van der Waals surface area contributed by atoms with Gasteiger partial charge in [-0.15, -0.1) is 0 Å². The van der Waals surface area contributed by atoms with Crippen molar-refractivity contribution in [3.63, 3.8) is 0 Å². The first-order valence-electron chi connectivity index (χ1n) is 19.7. The third-order valence-corrected chi connectivity index (χ3v) is 8.70. The number of amides is 2. The number of carbonyl (C=O) groups excluding carboxylic acids is 2. The number of rotatable bonds is 37. The van der Waals surface area contributed by atoms with Crippen LogP contribution in [0.3, 0.4) is 0 Å². The van der Waals surface area contributed by atoms with Gasteiger partial charge in [-0.25, -0.2) is 0 Å². The lowest BCUT2D eigenvalue weighted by molar-refractivity contribution is -0.121. The average molecular weight is 623 g/mol. The summed E-state index contributed by atoms with van der Waals surface area (Å²) in [4.78, 5) is 24.0. The first-order chi connectivity index (χ1) is 21.7. The Balaban J connectivity index is 3.21. The Morgan fingerprint density at radius 2 is 0.614 bits per heavy atom. The molecule has 44 heavy (non-hydrogen) atoms. The molecular formula is C38H78N4O2. The molecule has 4 N–H and O–H groups in total. The van der Waals surface area contributed by atoms with Crippen LogP contribution < -0.4 is 21.3 Å². The summed E-state index contributed by atoms with van der Waals surface area (Å²) in [6, 6.07) is 0. The Kier molecular flexibility index (Phi) is 37.1. The molecule has 0 unspecified atom stereocenters. The molecule has 0 aromatic heterocycles. The van der Waals surface area contributed by atoms with Gasteiger partial charge in [-0.2, -0.15) is 0 Å². The summed E-state index contributed by atoms with van der Waals surface area (Å²) in [7, 11) is 0. The van der Waals surface area contributed by atoms with Crippen molar-refractivity contribution in [2.24, 2.45) is 0 Å². The van der Waals surface area contributed by atoms with E-state index >= 15 is 0 Å². The van der Waals surface area contributed by atoms with Crippen molar-refractivity contribution in [2.75, 3.05) is 39.3 Å². The maximum Gasteiger partial charge on any atom is 0.221 e. The highest BCUT2D eigenvalue weighted by Gasteiger charge is 2.02. The minimum absolute atomic E-state index is 0.183. The van der Waals surface area contributed by atoms with E-state index in [-0.39, 0.29) is 11.8 Å². The third kappa shape index (κ3) is 37.0. The van der Waals surface area contributed by atoms with E-state index in [1.165, 1.54) is 128 Å². The van der Waals surface area contributed by atoms with Crippen LogP contribution >= 0.6 is 0 Å². The first kappa shape index (κ1) is 42.9. The molecule has 0 fully saturated rings. The highest BCUT2D eigenvalue weighted by Crippen LogP contribution is 2.11. The highest BCUT2D eigenvalue weighted by atomic mass is 16.2. The summed E-state index contributed by atoms with van der Waals surface area (Å²) in [5.74, 6) is 0.412. The van der Waals surface area contributed by atoms with Gasteiger partial charge in [0.25, 0.3) is 0 Å². The summed E-state index contributed by atoms with van der Waals surface area (Å²) in [6.07, 6.45) is 34.7. The predicted octanol–water partition coefficient (Wildman–Crippen LogP) is 9.36. The molecule has 262 valence electrons. The molecule has 0 atom stereocenters. The smallest absolute Gasteiger partial charge is 0.221 e. The Labute approximate surface area is 275 Å². The third-order valence-electron chi connectivity index (χ3n) is 8.70. The van der Waals surface area contributed by atoms with Gasteiger partial charge in [-0.1, -0.05) is 142 Å². The van der Waals surface area contributed by atoms with Crippen LogP contribution in [-0.2, 0) is 9.59 Å². The molecule has 0 radical (unpaired) electrons. The largest absolute Gasteiger partial charge is 0.356 e. The highest BCUT2D eigenvalue weighted by molar-refractivity contribution is 5.76. The molecule has 0 aromatic carbocycles. The molecule has 0 heterocycles. The van der Waals surface area contributed by atoms with E-state index in [9.17, 15) is 9.59 Å². The average Bonchev–Trinajstić information content (AvgIpc) is 3.02. The van der Waals surface area contributed by atoms with Gasteiger partial charge >= 0.3 is 0 Å². The van der Waals surface area contributed by atoms with E-state index in [1.54, 1.807) is 0 Å². The van der Waals surface area contributed by atoms with Crippen molar-refractivity contribution < 1.29 is 9.59 Å². The van der Waals surface area contributed by atoms with Gasteiger partial charge in [-0.3, -0.25) is 9.59 Å². The van der Waals surface area contributed by atoms with E-state index in [0.29, 0.717) is 12.8 Å². The van der Waals surface area contributed by atoms with Crippen molar-refractivity contribution in [2.45, 2.75) is 194 Å². The Morgan fingerprint density at radius 1 is 0.318 bits per heavy atom. The summed E-state index contributed by atoms with van der Waals surface area (Å²) in [6.45, 7) is 10.1. The molecule has 6 heteroatoms. The summed E-state index contributed by atoms with van der Waals surface area (Å²) < 4.78 is 0. The van der Waals surface area contributed by atoms with Gasteiger partial charge in [0, 0.05) is 32.5 Å². The molecule has 0 spiro atoms. The molecule has 0 aliphatic carbocycles. The lowest BCUT2D eigenvalue weighted by Crippen LogP contribution is -2.28. The molecule has 0 aliphatic heterocycles. The van der Waals surface area contributed by atoms with Gasteiger partial charge < -0.3 is 21.3 Å². The van der Waals surface area contributed by atoms with Gasteiger partial charge in [0.1, 0.15) is 0 Å². The van der Waals surface area contributed by atoms with Gasteiger partial charge in [0.2, 0.25) is 11.8 Å². The second-order valence-corrected chi connectivity index (χ2v) is 13.2. The summed E-state index contributed by atoms with van der Waals surface area (Å²) >= 11 is 0. The van der Waals surface area contributed by atoms with Crippen LogP contribution in [0.1, 0.15) is 194 Å². The zero-order valence-electron chi connectivity index (χ0n) is 29.9. The summed E-state index contributed by atoms with van der Waals surface area (Å²) in [5, 5.41) is 13.1. The van der Waals surface area contributed by atoms with Gasteiger partial charge in [-0.05, 0) is 58.2 Å². The zero-order valence-corrected chi connectivity index (χ0v) is 29.9. The van der Waals surface area contributed by atoms with E-state index in [0.717, 1.165) is 77.8 Å². The fraction of sp³-hybridized carbons (Fsp3) is 0.947. The lowest BCUT2D eigenvalue weighted by Gasteiger charge is -2.08. The molecule has 0 aliphatic rings. The number of hydrogen-bond donors (Lipinski definition) is 4. The lowest BCUT2D eigenvalue weighted by atomic mass is 10.1. The van der Waals surface area contributed by atoms with Crippen molar-refractivity contribution in [1.82, 2.24) is 21.3 Å². The Bertz CT molecular complexity index is 537. The number of unbranched alkanes of at least 4 members (excludes halogenated alkanes) is 22. The number of nitrogens with one attached hydrogen (secondary N) is 4. The van der Waals surface area contributed by atoms with Crippen LogP contribution in [0.25, 0.3) is 0 Å². The van der Waals surface area contributed by atoms with Crippen LogP contribution in [0.5, 0.6) is 0 Å². The Hall–Kier alpha value is -1.14. The standard InChI is InChI=1S/C38H78N4O2/c1-3-5-7-9-11-13-15-17-19-27-34-41-37(43)29-23-21-24-31-39-32-25-22-26-33-40-36-30-38(44)42-35-28-20-18-16-14-12-10-8-6-4-2/h39-40H,3-36H2,1-2H3,(H,41,43)(H,42,44). The molecule has 2 amide bonds. The molecular weight excluding hydrogens is 544 g/mol. The minimum atomic E-state index is 0.183. The van der Waals surface area contributed by atoms with Gasteiger partial charge in [0.15, 0.2) is 0 Å². The number of hydrogen-bond acceptors (Lipinski definition) is 4. The van der Waals surface area contributed by atoms with Crippen molar-refractivity contribution >= 4 is 11.8 Å². The van der Waals surface area contributed by atoms with Crippen molar-refractivity contribution in [3.05, 3.63) is 0 Å². The van der Waals surface area contributed by atoms with Crippen LogP contribution in [0.2, 0.25) is 0 Å². The second-order valence-electron chi connectivity index (χ2n) is 13.2. The van der Waals surface area contributed by atoms with Crippen molar-refractivity contribution in [3.8, 4) is 0 Å². The molecule has 0 saturated carbocycles. The summed E-state index contributed by atoms with van der Waals surface area (Å²) in [5.41, 5.74) is 0. The fourth-order valence-electron chi connectivity index (χ4n) is 5.70. The molecule has 6 nitrogen and oxygen atoms in total. The SMILES string of the molecule is CCCCCCCCCCCCNC(=O)CCCCCNCCCCCNCCC(=O)NCCCCCCCCCCCC. The maximum absolute atomic E-state index is 12.0. The quantitative estimate of drug-likeness (QED) is 0.0520. The van der Waals surface area contributed by atoms with Gasteiger partial charge in [0.05, 0.1) is 0 Å². The normalized spacial score (nSPS) is 11.2. The zero-order chi connectivity index (χ0) is 32.0. The maximum atomic E-state index is 12.0. The van der Waals surface area contributed by atoms with Crippen LogP contribution in [0.4, 0.5) is 0 Å². The topological polar surface area (TPSA) is 82.3 Å². The first-order valence-corrected chi connectivity index (χ1v) is 19.7. The monoisotopic (exact) mass is 623 g/mol. The van der Waals surface area contributed by atoms with E-state index < -0.39 is 0 Å². The van der Waals surface area contributed by atoms with Crippen LogP contribution in [-0.4, -0.2) is 51.1 Å². The molecule has 0 rings (SSSR count). The number of carbonyl (C=O) groups is 2. The molecule has 0 bridgehead atoms. The fourth-order valence-corrected chi connectivity index (χ4v) is 5.70. The second kappa shape index (κ2) is 38.0. The molecule has 0 aromatic rings.